The summed E-state index contributed by atoms with van der Waals surface area (Å²) in [6, 6.07) is 10.8. The predicted molar refractivity (Wildman–Crippen MR) is 240 cm³/mol. The Bertz CT molecular complexity index is 1970. The van der Waals surface area contributed by atoms with Gasteiger partial charge in [-0.2, -0.15) is 0 Å². The number of carbonyl (C=O) groups is 9. The molecule has 3 rings (SSSR count). The molecule has 2 aromatic rings. The maximum absolute atomic E-state index is 14.7. The minimum absolute atomic E-state index is 0.0360. The second kappa shape index (κ2) is 26.4. The van der Waals surface area contributed by atoms with Crippen molar-refractivity contribution >= 4 is 53.4 Å². The van der Waals surface area contributed by atoms with Gasteiger partial charge >= 0.3 is 18.0 Å². The molecule has 0 spiro atoms. The first-order valence-electron chi connectivity index (χ1n) is 22.3. The fourth-order valence-electron chi connectivity index (χ4n) is 7.26. The maximum atomic E-state index is 14.7. The SMILES string of the molecule is CCCN(NC(=O)[C@@H]1C[C@@H](OCc2ccccc2)CN1C(=O)[C@@H](NC(=O)[C@@H](NC(=O)[C@@H](CCC(=O)O)NC(=O)[C@H](CC(=O)O)NC(C)=O)[C@@H](C)CC)C(C)C)C(=O)N[C@@H](C)c1ccccc1. The van der Waals surface area contributed by atoms with Gasteiger partial charge in [-0.1, -0.05) is 102 Å². The van der Waals surface area contributed by atoms with E-state index in [1.54, 1.807) is 27.7 Å². The molecule has 1 saturated heterocycles. The van der Waals surface area contributed by atoms with Gasteiger partial charge in [-0.15, -0.1) is 0 Å². The van der Waals surface area contributed by atoms with Crippen molar-refractivity contribution in [3.63, 3.8) is 0 Å². The summed E-state index contributed by atoms with van der Waals surface area (Å²) < 4.78 is 6.22. The van der Waals surface area contributed by atoms with E-state index in [4.69, 9.17) is 4.74 Å². The van der Waals surface area contributed by atoms with Gasteiger partial charge in [0.2, 0.25) is 29.5 Å². The molecule has 1 aliphatic heterocycles. The summed E-state index contributed by atoms with van der Waals surface area (Å²) in [7, 11) is 0. The minimum atomic E-state index is -1.60. The standard InChI is InChI=1S/C46H66N8O12/c1-8-22-54(46(65)47-29(6)32-18-14-11-15-19-32)52-43(62)36-23-33(66-26-31-16-12-10-13-17-31)25-53(36)45(64)39(27(3)4)50-44(63)40(28(5)9-2)51-41(60)34(20-21-37(56)57)49-42(61)35(24-38(58)59)48-30(7)55/h10-19,27-29,33-36,39-40H,8-9,20-26H2,1-7H3,(H,47,65)(H,48,55)(H,49,61)(H,50,63)(H,51,60)(H,52,62)(H,56,57)(H,58,59)/t28-,29-,33+,34+,35-,36-,39-,40-/m0/s1. The third-order valence-corrected chi connectivity index (χ3v) is 11.1. The van der Waals surface area contributed by atoms with Crippen molar-refractivity contribution in [1.82, 2.24) is 41.9 Å². The van der Waals surface area contributed by atoms with Gasteiger partial charge in [-0.25, -0.2) is 9.80 Å². The Kier molecular flexibility index (Phi) is 21.5. The molecule has 8 N–H and O–H groups in total. The molecule has 8 amide bonds. The highest BCUT2D eigenvalue weighted by Crippen LogP contribution is 2.25. The summed E-state index contributed by atoms with van der Waals surface area (Å²) in [4.78, 5) is 120. The van der Waals surface area contributed by atoms with Gasteiger partial charge in [-0.05, 0) is 42.7 Å². The van der Waals surface area contributed by atoms with Crippen molar-refractivity contribution in [2.45, 2.75) is 136 Å². The Morgan fingerprint density at radius 1 is 0.758 bits per heavy atom. The van der Waals surface area contributed by atoms with Gasteiger partial charge in [0.25, 0.3) is 5.91 Å². The molecule has 66 heavy (non-hydrogen) atoms. The molecule has 20 heteroatoms. The van der Waals surface area contributed by atoms with Crippen LogP contribution in [0.3, 0.4) is 0 Å². The monoisotopic (exact) mass is 922 g/mol. The summed E-state index contributed by atoms with van der Waals surface area (Å²) in [5.41, 5.74) is 4.43. The molecule has 0 aliphatic carbocycles. The van der Waals surface area contributed by atoms with Crippen molar-refractivity contribution in [2.24, 2.45) is 11.8 Å². The molecule has 1 fully saturated rings. The summed E-state index contributed by atoms with van der Waals surface area (Å²) in [6.07, 6.45) is -1.60. The van der Waals surface area contributed by atoms with E-state index >= 15 is 0 Å². The number of amides is 8. The fourth-order valence-corrected chi connectivity index (χ4v) is 7.26. The average molecular weight is 923 g/mol. The number of hydrazine groups is 1. The van der Waals surface area contributed by atoms with E-state index in [0.717, 1.165) is 18.1 Å². The molecule has 0 radical (unpaired) electrons. The lowest BCUT2D eigenvalue weighted by molar-refractivity contribution is -0.144. The number of carbonyl (C=O) groups excluding carboxylic acids is 7. The van der Waals surface area contributed by atoms with Crippen molar-refractivity contribution < 1.29 is 58.1 Å². The van der Waals surface area contributed by atoms with Crippen LogP contribution in [0.2, 0.25) is 0 Å². The van der Waals surface area contributed by atoms with Crippen LogP contribution in [0.5, 0.6) is 0 Å². The summed E-state index contributed by atoms with van der Waals surface area (Å²) in [5.74, 6) is -8.70. The van der Waals surface area contributed by atoms with Gasteiger partial charge < -0.3 is 46.4 Å². The Balaban J connectivity index is 1.90. The van der Waals surface area contributed by atoms with E-state index in [9.17, 15) is 53.4 Å². The number of likely N-dealkylation sites (tertiary alicyclic amines) is 1. The number of nitrogens with zero attached hydrogens (tertiary/aromatic N) is 2. The van der Waals surface area contributed by atoms with Gasteiger partial charge in [0, 0.05) is 32.9 Å². The van der Waals surface area contributed by atoms with Crippen LogP contribution in [0.4, 0.5) is 4.79 Å². The van der Waals surface area contributed by atoms with Crippen LogP contribution in [-0.2, 0) is 49.7 Å². The van der Waals surface area contributed by atoms with Crippen LogP contribution in [0.15, 0.2) is 60.7 Å². The van der Waals surface area contributed by atoms with Crippen molar-refractivity contribution in [3.05, 3.63) is 71.8 Å². The number of hydrogen-bond acceptors (Lipinski definition) is 10. The van der Waals surface area contributed by atoms with E-state index in [0.29, 0.717) is 12.8 Å². The Hall–Kier alpha value is -6.57. The molecule has 362 valence electrons. The molecule has 8 atom stereocenters. The second-order valence-corrected chi connectivity index (χ2v) is 16.8. The Morgan fingerprint density at radius 2 is 1.36 bits per heavy atom. The number of nitrogens with one attached hydrogen (secondary N) is 6. The highest BCUT2D eigenvalue weighted by molar-refractivity contribution is 5.97. The van der Waals surface area contributed by atoms with E-state index in [2.05, 4.69) is 32.0 Å². The van der Waals surface area contributed by atoms with Crippen LogP contribution in [0.1, 0.15) is 104 Å². The fraction of sp³-hybridized carbons (Fsp3) is 0.543. The third kappa shape index (κ3) is 16.8. The van der Waals surface area contributed by atoms with Crippen molar-refractivity contribution in [3.8, 4) is 0 Å². The highest BCUT2D eigenvalue weighted by Gasteiger charge is 2.45. The van der Waals surface area contributed by atoms with Crippen LogP contribution in [0.25, 0.3) is 0 Å². The van der Waals surface area contributed by atoms with Gasteiger partial charge in [0.1, 0.15) is 30.2 Å². The number of benzene rings is 2. The lowest BCUT2D eigenvalue weighted by atomic mass is 9.95. The van der Waals surface area contributed by atoms with Crippen LogP contribution < -0.4 is 32.0 Å². The molecule has 0 saturated carbocycles. The second-order valence-electron chi connectivity index (χ2n) is 16.8. The van der Waals surface area contributed by atoms with Crippen molar-refractivity contribution in [2.75, 3.05) is 13.1 Å². The van der Waals surface area contributed by atoms with Gasteiger partial charge in [0.05, 0.1) is 25.2 Å². The number of rotatable bonds is 24. The molecule has 0 aromatic heterocycles. The number of ether oxygens (including phenoxy) is 1. The normalized spacial score (nSPS) is 17.2. The maximum Gasteiger partial charge on any atom is 0.336 e. The van der Waals surface area contributed by atoms with E-state index in [1.165, 1.54) is 9.91 Å². The number of aliphatic carboxylic acids is 2. The third-order valence-electron chi connectivity index (χ3n) is 11.1. The molecule has 1 heterocycles. The molecular formula is C46H66N8O12. The topological polar surface area (TPSA) is 282 Å². The average Bonchev–Trinajstić information content (AvgIpc) is 3.71. The van der Waals surface area contributed by atoms with E-state index in [1.807, 2.05) is 74.5 Å². The Morgan fingerprint density at radius 3 is 1.92 bits per heavy atom. The number of hydrogen-bond donors (Lipinski definition) is 8. The molecular weight excluding hydrogens is 857 g/mol. The molecule has 2 aromatic carbocycles. The zero-order chi connectivity index (χ0) is 49.1. The smallest absolute Gasteiger partial charge is 0.336 e. The van der Waals surface area contributed by atoms with E-state index < -0.39 is 127 Å². The zero-order valence-electron chi connectivity index (χ0n) is 38.7. The first-order valence-corrected chi connectivity index (χ1v) is 22.3. The number of urea groups is 1. The zero-order valence-corrected chi connectivity index (χ0v) is 38.7. The first kappa shape index (κ1) is 53.8. The highest BCUT2D eigenvalue weighted by atomic mass is 16.5. The lowest BCUT2D eigenvalue weighted by Gasteiger charge is -2.33. The van der Waals surface area contributed by atoms with Crippen LogP contribution in [0, 0.1) is 11.8 Å². The van der Waals surface area contributed by atoms with Crippen LogP contribution in [-0.4, -0.2) is 123 Å². The molecule has 0 unspecified atom stereocenters. The summed E-state index contributed by atoms with van der Waals surface area (Å²) in [6.45, 7) is 11.8. The molecule has 1 aliphatic rings. The molecule has 0 bridgehead atoms. The van der Waals surface area contributed by atoms with Gasteiger partial charge in [-0.3, -0.25) is 43.8 Å². The van der Waals surface area contributed by atoms with E-state index in [-0.39, 0.29) is 26.1 Å². The lowest BCUT2D eigenvalue weighted by Crippen LogP contribution is -2.62. The van der Waals surface area contributed by atoms with Gasteiger partial charge in [0.15, 0.2) is 0 Å². The van der Waals surface area contributed by atoms with Crippen molar-refractivity contribution in [1.29, 1.82) is 0 Å². The minimum Gasteiger partial charge on any atom is -0.481 e. The molecule has 20 nitrogen and oxygen atoms in total. The largest absolute Gasteiger partial charge is 0.481 e. The summed E-state index contributed by atoms with van der Waals surface area (Å²) in [5, 5.41) is 32.6. The quantitative estimate of drug-likeness (QED) is 0.0705. The number of carboxylic acid groups (broad SMARTS) is 2. The predicted octanol–water partition coefficient (Wildman–Crippen LogP) is 2.39. The van der Waals surface area contributed by atoms with Crippen LogP contribution >= 0.6 is 0 Å². The first-order chi connectivity index (χ1) is 31.2. The summed E-state index contributed by atoms with van der Waals surface area (Å²) >= 11 is 0. The Labute approximate surface area is 385 Å². The number of carboxylic acids is 2.